The number of carbonyl (C=O) groups excluding carboxylic acids is 1. The van der Waals surface area contributed by atoms with Gasteiger partial charge in [-0.1, -0.05) is 104 Å². The predicted octanol–water partition coefficient (Wildman–Crippen LogP) is 5.64. The standard InChI is InChI=1S/C32H39NO4SSi/c1-30(2,3)33-28(35)32(39(4)5,27(34)26-21-36-22-37-26)29(33)38-31(23-15-9-6-10-16-23,24-17-11-7-12-18-24)25-19-13-8-14-20-25/h6-20,26-27,29,34,39H,21-22H2,1-5H3/t26?,27?,29-,32+/m1/s1. The van der Waals surface area contributed by atoms with E-state index in [2.05, 4.69) is 107 Å². The van der Waals surface area contributed by atoms with Crippen LogP contribution >= 0.6 is 11.8 Å². The summed E-state index contributed by atoms with van der Waals surface area (Å²) in [6.07, 6.45) is -1.47. The molecule has 2 heterocycles. The van der Waals surface area contributed by atoms with Crippen molar-refractivity contribution >= 4 is 26.5 Å². The minimum Gasteiger partial charge on any atom is -0.389 e. The number of aliphatic hydroxyl groups excluding tert-OH is 1. The quantitative estimate of drug-likeness (QED) is 0.219. The lowest BCUT2D eigenvalue weighted by Gasteiger charge is -2.65. The lowest BCUT2D eigenvalue weighted by molar-refractivity contribution is -0.169. The molecule has 4 atom stereocenters. The van der Waals surface area contributed by atoms with Crippen molar-refractivity contribution in [3.63, 3.8) is 0 Å². The summed E-state index contributed by atoms with van der Waals surface area (Å²) in [6, 6.07) is 31.6. The van der Waals surface area contributed by atoms with Gasteiger partial charge >= 0.3 is 0 Å². The maximum absolute atomic E-state index is 14.4. The van der Waals surface area contributed by atoms with E-state index in [1.807, 2.05) is 23.1 Å². The van der Waals surface area contributed by atoms with Gasteiger partial charge in [-0.15, -0.1) is 11.8 Å². The van der Waals surface area contributed by atoms with E-state index in [9.17, 15) is 9.90 Å². The van der Waals surface area contributed by atoms with Crippen molar-refractivity contribution < 1.29 is 19.4 Å². The minimum atomic E-state index is -1.82. The summed E-state index contributed by atoms with van der Waals surface area (Å²) in [5.74, 6) is 0.0280. The summed E-state index contributed by atoms with van der Waals surface area (Å²) in [7, 11) is -1.82. The topological polar surface area (TPSA) is 59.0 Å². The first-order valence-corrected chi connectivity index (χ1v) is 17.5. The highest BCUT2D eigenvalue weighted by atomic mass is 32.2. The van der Waals surface area contributed by atoms with E-state index in [-0.39, 0.29) is 18.1 Å². The Morgan fingerprint density at radius 1 is 0.897 bits per heavy atom. The highest BCUT2D eigenvalue weighted by molar-refractivity contribution is 8.01. The number of aliphatic hydroxyl groups is 1. The van der Waals surface area contributed by atoms with E-state index in [0.29, 0.717) is 6.61 Å². The molecule has 2 aliphatic rings. The molecule has 39 heavy (non-hydrogen) atoms. The van der Waals surface area contributed by atoms with Gasteiger partial charge in [-0.3, -0.25) is 4.79 Å². The molecule has 0 radical (unpaired) electrons. The molecule has 0 bridgehead atoms. The van der Waals surface area contributed by atoms with Gasteiger partial charge in [0.1, 0.15) is 12.9 Å². The average molecular weight is 562 g/mol. The summed E-state index contributed by atoms with van der Waals surface area (Å²) in [5, 5.41) is 10.8. The van der Waals surface area contributed by atoms with Gasteiger partial charge in [-0.25, -0.2) is 0 Å². The number of hydrogen-bond acceptors (Lipinski definition) is 5. The Kier molecular flexibility index (Phi) is 7.83. The lowest BCUT2D eigenvalue weighted by atomic mass is 9.82. The normalized spacial score (nSPS) is 24.6. The van der Waals surface area contributed by atoms with Gasteiger partial charge < -0.3 is 19.5 Å². The molecule has 7 heteroatoms. The van der Waals surface area contributed by atoms with Crippen LogP contribution in [0.5, 0.6) is 0 Å². The Balaban J connectivity index is 1.76. The third-order valence-electron chi connectivity index (χ3n) is 8.23. The van der Waals surface area contributed by atoms with E-state index in [4.69, 9.17) is 9.47 Å². The second-order valence-electron chi connectivity index (χ2n) is 11.8. The molecule has 5 nitrogen and oxygen atoms in total. The molecule has 5 rings (SSSR count). The van der Waals surface area contributed by atoms with Gasteiger partial charge in [0, 0.05) is 5.54 Å². The van der Waals surface area contributed by atoms with Crippen molar-refractivity contribution in [1.29, 1.82) is 0 Å². The van der Waals surface area contributed by atoms with Crippen molar-refractivity contribution in [1.82, 2.24) is 4.90 Å². The van der Waals surface area contributed by atoms with Crippen molar-refractivity contribution in [2.24, 2.45) is 0 Å². The third-order valence-corrected chi connectivity index (χ3v) is 13.2. The van der Waals surface area contributed by atoms with Crippen LogP contribution in [-0.4, -0.2) is 61.2 Å². The van der Waals surface area contributed by atoms with E-state index >= 15 is 0 Å². The number of thioether (sulfide) groups is 1. The molecule has 2 fully saturated rings. The summed E-state index contributed by atoms with van der Waals surface area (Å²) >= 11 is 1.78. The number of β-lactam (4-membered cyclic amide) rings is 1. The monoisotopic (exact) mass is 561 g/mol. The zero-order chi connectivity index (χ0) is 27.8. The largest absolute Gasteiger partial charge is 0.389 e. The number of carbonyl (C=O) groups is 1. The molecule has 0 aliphatic carbocycles. The first-order valence-electron chi connectivity index (χ1n) is 13.7. The van der Waals surface area contributed by atoms with Gasteiger partial charge in [0.05, 0.1) is 36.7 Å². The molecule has 3 aromatic rings. The van der Waals surface area contributed by atoms with E-state index < -0.39 is 36.3 Å². The molecule has 1 N–H and O–H groups in total. The lowest BCUT2D eigenvalue weighted by Crippen LogP contribution is -2.77. The Morgan fingerprint density at radius 2 is 1.36 bits per heavy atom. The molecule has 3 aromatic carbocycles. The molecule has 2 saturated heterocycles. The number of amides is 1. The van der Waals surface area contributed by atoms with Crippen molar-refractivity contribution in [2.75, 3.05) is 13.4 Å². The van der Waals surface area contributed by atoms with E-state index in [0.717, 1.165) is 16.7 Å². The number of benzene rings is 3. The average Bonchev–Trinajstić information content (AvgIpc) is 3.47. The van der Waals surface area contributed by atoms with Gasteiger partial charge in [0.25, 0.3) is 0 Å². The van der Waals surface area contributed by atoms with Crippen LogP contribution in [0, 0.1) is 0 Å². The fourth-order valence-electron chi connectivity index (χ4n) is 6.25. The van der Waals surface area contributed by atoms with E-state index in [1.54, 1.807) is 11.8 Å². The Hall–Kier alpha value is -2.42. The maximum atomic E-state index is 14.4. The minimum absolute atomic E-state index is 0.0280. The Bertz CT molecular complexity index is 1160. The van der Waals surface area contributed by atoms with Gasteiger partial charge in [0.2, 0.25) is 5.91 Å². The highest BCUT2D eigenvalue weighted by Gasteiger charge is 2.71. The van der Waals surface area contributed by atoms with Crippen LogP contribution in [0.25, 0.3) is 0 Å². The SMILES string of the molecule is C[SiH](C)[C@@]1(C(O)C2COCO2)C(=O)N(C(C)(C)C)[C@@H]1SC(c1ccccc1)(c1ccccc1)c1ccccc1. The molecule has 0 spiro atoms. The summed E-state index contributed by atoms with van der Waals surface area (Å²) in [4.78, 5) is 16.4. The van der Waals surface area contributed by atoms with Gasteiger partial charge in [-0.2, -0.15) is 0 Å². The van der Waals surface area contributed by atoms with Crippen LogP contribution < -0.4 is 0 Å². The zero-order valence-electron chi connectivity index (χ0n) is 23.4. The molecule has 1 amide bonds. The summed E-state index contributed by atoms with van der Waals surface area (Å²) in [5.41, 5.74) is 2.98. The van der Waals surface area contributed by atoms with Crippen molar-refractivity contribution in [2.45, 2.75) is 66.8 Å². The zero-order valence-corrected chi connectivity index (χ0v) is 25.4. The molecule has 2 aliphatic heterocycles. The number of nitrogens with zero attached hydrogens (tertiary/aromatic N) is 1. The summed E-state index contributed by atoms with van der Waals surface area (Å²) in [6.45, 7) is 11.1. The maximum Gasteiger partial charge on any atom is 0.232 e. The van der Waals surface area contributed by atoms with Gasteiger partial charge in [-0.05, 0) is 37.5 Å². The number of hydrogen-bond donors (Lipinski definition) is 1. The number of likely N-dealkylation sites (tertiary alicyclic amines) is 1. The van der Waals surface area contributed by atoms with E-state index in [1.165, 1.54) is 0 Å². The Morgan fingerprint density at radius 3 is 1.72 bits per heavy atom. The molecular weight excluding hydrogens is 523 g/mol. The molecular formula is C32H39NO4SSi. The molecule has 0 aromatic heterocycles. The first kappa shape index (κ1) is 28.1. The Labute approximate surface area is 238 Å². The van der Waals surface area contributed by atoms with Gasteiger partial charge in [0.15, 0.2) is 0 Å². The van der Waals surface area contributed by atoms with Crippen molar-refractivity contribution in [3.8, 4) is 0 Å². The molecule has 2 unspecified atom stereocenters. The van der Waals surface area contributed by atoms with Crippen molar-refractivity contribution in [3.05, 3.63) is 108 Å². The molecule has 0 saturated carbocycles. The highest BCUT2D eigenvalue weighted by Crippen LogP contribution is 2.64. The van der Waals surface area contributed by atoms with Crippen LogP contribution in [0.2, 0.25) is 18.1 Å². The van der Waals surface area contributed by atoms with Crippen LogP contribution in [0.4, 0.5) is 0 Å². The van der Waals surface area contributed by atoms with Crippen LogP contribution in [0.1, 0.15) is 37.5 Å². The third kappa shape index (κ3) is 4.58. The number of rotatable bonds is 8. The smallest absolute Gasteiger partial charge is 0.232 e. The second kappa shape index (κ2) is 10.9. The van der Waals surface area contributed by atoms with Crippen LogP contribution in [0.15, 0.2) is 91.0 Å². The summed E-state index contributed by atoms with van der Waals surface area (Å²) < 4.78 is 10.7. The second-order valence-corrected chi connectivity index (χ2v) is 16.4. The molecule has 206 valence electrons. The predicted molar refractivity (Wildman–Crippen MR) is 160 cm³/mol. The van der Waals surface area contributed by atoms with Crippen LogP contribution in [-0.2, 0) is 19.0 Å². The number of ether oxygens (including phenoxy) is 2. The fraction of sp³-hybridized carbons (Fsp3) is 0.406. The van der Waals surface area contributed by atoms with Crippen LogP contribution in [0.3, 0.4) is 0 Å². The first-order chi connectivity index (χ1) is 18.6. The fourth-order valence-corrected chi connectivity index (χ4v) is 11.6.